The fourth-order valence-corrected chi connectivity index (χ4v) is 5.79. The molecule has 1 aromatic heterocycles. The number of phenolic OH excluding ortho intramolecular Hbond substituents is 1. The van der Waals surface area contributed by atoms with Crippen LogP contribution in [0, 0.1) is 29.4 Å². The quantitative estimate of drug-likeness (QED) is 0.641. The van der Waals surface area contributed by atoms with Gasteiger partial charge in [0, 0.05) is 57.4 Å². The van der Waals surface area contributed by atoms with Crippen molar-refractivity contribution in [2.75, 3.05) is 56.0 Å². The van der Waals surface area contributed by atoms with Crippen LogP contribution < -0.4 is 10.2 Å². The lowest BCUT2D eigenvalue weighted by Crippen LogP contribution is -2.58. The van der Waals surface area contributed by atoms with Crippen molar-refractivity contribution in [1.29, 1.82) is 0 Å². The van der Waals surface area contributed by atoms with E-state index in [1.54, 1.807) is 6.07 Å². The van der Waals surface area contributed by atoms with Gasteiger partial charge in [0.25, 0.3) is 0 Å². The van der Waals surface area contributed by atoms with Crippen LogP contribution in [0.15, 0.2) is 18.2 Å². The van der Waals surface area contributed by atoms with Gasteiger partial charge in [-0.1, -0.05) is 0 Å². The Balaban J connectivity index is 1.16. The third-order valence-corrected chi connectivity index (χ3v) is 7.57. The van der Waals surface area contributed by atoms with Crippen LogP contribution in [0.5, 0.6) is 5.75 Å². The predicted octanol–water partition coefficient (Wildman–Crippen LogP) is 1.90. The average Bonchev–Trinajstić information content (AvgIpc) is 3.22. The van der Waals surface area contributed by atoms with Crippen molar-refractivity contribution in [2.45, 2.75) is 6.04 Å². The topological polar surface area (TPSA) is 105 Å². The fraction of sp³-hybridized carbons (Fsp3) is 0.500. The Morgan fingerprint density at radius 1 is 1.12 bits per heavy atom. The Morgan fingerprint density at radius 2 is 1.91 bits per heavy atom. The van der Waals surface area contributed by atoms with Crippen LogP contribution in [0.4, 0.5) is 25.1 Å². The summed E-state index contributed by atoms with van der Waals surface area (Å²) < 4.78 is 27.6. The highest BCUT2D eigenvalue weighted by Gasteiger charge is 2.57. The number of piperazine rings is 1. The first kappa shape index (κ1) is 20.4. The minimum absolute atomic E-state index is 0.0285. The number of anilines is 2. The molecule has 9 nitrogen and oxygen atoms in total. The number of aromatic hydroxyl groups is 1. The lowest BCUT2D eigenvalue weighted by molar-refractivity contribution is 0.144. The van der Waals surface area contributed by atoms with Crippen molar-refractivity contribution in [2.24, 2.45) is 17.8 Å². The van der Waals surface area contributed by atoms with Crippen LogP contribution in [0.2, 0.25) is 0 Å². The number of carbonyl (C=O) groups is 1. The van der Waals surface area contributed by atoms with Crippen molar-refractivity contribution in [3.05, 3.63) is 29.8 Å². The summed E-state index contributed by atoms with van der Waals surface area (Å²) in [5.74, 6) is -0.314. The second kappa shape index (κ2) is 7.41. The van der Waals surface area contributed by atoms with Crippen molar-refractivity contribution in [3.8, 4) is 17.0 Å². The summed E-state index contributed by atoms with van der Waals surface area (Å²) in [4.78, 5) is 17.3. The molecular formula is C22H24F2N6O3. The summed E-state index contributed by atoms with van der Waals surface area (Å²) in [6.45, 7) is 5.50. The number of rotatable bonds is 3. The van der Waals surface area contributed by atoms with Gasteiger partial charge in [0.1, 0.15) is 5.82 Å². The Bertz CT molecular complexity index is 1120. The molecule has 1 amide bonds. The molecule has 6 rings (SSSR count). The molecule has 0 unspecified atom stereocenters. The third-order valence-electron chi connectivity index (χ3n) is 7.57. The summed E-state index contributed by atoms with van der Waals surface area (Å²) in [5, 5.41) is 30.8. The van der Waals surface area contributed by atoms with Gasteiger partial charge in [-0.15, -0.1) is 10.2 Å². The first-order valence-electron chi connectivity index (χ1n) is 11.2. The monoisotopic (exact) mass is 458 g/mol. The number of carboxylic acid groups (broad SMARTS) is 1. The van der Waals surface area contributed by atoms with Crippen molar-refractivity contribution >= 4 is 17.6 Å². The zero-order chi connectivity index (χ0) is 22.9. The molecule has 3 N–H and O–H groups in total. The van der Waals surface area contributed by atoms with E-state index >= 15 is 0 Å². The average molecular weight is 458 g/mol. The summed E-state index contributed by atoms with van der Waals surface area (Å²) in [7, 11) is 0. The molecule has 4 heterocycles. The second-order valence-corrected chi connectivity index (χ2v) is 9.41. The molecule has 0 bridgehead atoms. The van der Waals surface area contributed by atoms with E-state index in [2.05, 4.69) is 25.3 Å². The van der Waals surface area contributed by atoms with Gasteiger partial charge >= 0.3 is 6.09 Å². The molecule has 3 aliphatic heterocycles. The van der Waals surface area contributed by atoms with Crippen LogP contribution in [0.1, 0.15) is 0 Å². The summed E-state index contributed by atoms with van der Waals surface area (Å²) >= 11 is 0. The predicted molar refractivity (Wildman–Crippen MR) is 115 cm³/mol. The summed E-state index contributed by atoms with van der Waals surface area (Å²) in [6.07, 6.45) is -0.821. The van der Waals surface area contributed by atoms with E-state index in [0.29, 0.717) is 49.3 Å². The molecule has 0 radical (unpaired) electrons. The lowest BCUT2D eigenvalue weighted by atomic mass is 10.0. The van der Waals surface area contributed by atoms with Crippen molar-refractivity contribution in [1.82, 2.24) is 20.0 Å². The van der Waals surface area contributed by atoms with E-state index < -0.39 is 23.5 Å². The molecule has 1 saturated carbocycles. The highest BCUT2D eigenvalue weighted by Crippen LogP contribution is 2.52. The maximum Gasteiger partial charge on any atom is 0.407 e. The maximum absolute atomic E-state index is 13.8. The number of halogens is 2. The number of fused-ring (bicyclic) bond motifs is 4. The van der Waals surface area contributed by atoms with Gasteiger partial charge in [-0.25, -0.2) is 13.6 Å². The van der Waals surface area contributed by atoms with Gasteiger partial charge in [0.2, 0.25) is 0 Å². The van der Waals surface area contributed by atoms with E-state index in [1.807, 2.05) is 0 Å². The normalized spacial score (nSPS) is 28.1. The van der Waals surface area contributed by atoms with E-state index in [-0.39, 0.29) is 17.3 Å². The van der Waals surface area contributed by atoms with E-state index in [1.165, 1.54) is 4.90 Å². The SMILES string of the molecule is O=C(O)N1C[C@@H]2[C@H](CN3CCN4c5cc(-c6cc(F)cc(F)c6O)nnc5NC[C@H]4C3)[C@@H]2C1. The zero-order valence-electron chi connectivity index (χ0n) is 17.8. The molecule has 2 saturated heterocycles. The van der Waals surface area contributed by atoms with Crippen LogP contribution in [0.25, 0.3) is 11.3 Å². The minimum atomic E-state index is -1.04. The van der Waals surface area contributed by atoms with E-state index in [9.17, 15) is 18.7 Å². The van der Waals surface area contributed by atoms with Crippen LogP contribution >= 0.6 is 0 Å². The standard InChI is InChI=1S/C22H24F2N6O3/c23-11-3-13(20(31)17(24)4-11)18-5-19-21(27-26-18)25-6-12-7-28(1-2-30(12)19)8-14-15-9-29(22(32)33)10-16(14)15/h3-5,12,14-16,31H,1-2,6-10H2,(H,25,27)(H,32,33)/t12-,14-,15+,16-/m0/s1. The number of benzene rings is 1. The Kier molecular flexibility index (Phi) is 4.58. The molecule has 33 heavy (non-hydrogen) atoms. The minimum Gasteiger partial charge on any atom is -0.504 e. The van der Waals surface area contributed by atoms with Gasteiger partial charge < -0.3 is 25.3 Å². The fourth-order valence-electron chi connectivity index (χ4n) is 5.79. The number of nitrogens with one attached hydrogen (secondary N) is 1. The van der Waals surface area contributed by atoms with Gasteiger partial charge in [0.05, 0.1) is 17.4 Å². The molecular weight excluding hydrogens is 434 g/mol. The molecule has 1 aliphatic carbocycles. The number of amides is 1. The molecule has 4 aliphatic rings. The highest BCUT2D eigenvalue weighted by atomic mass is 19.1. The number of hydrogen-bond acceptors (Lipinski definition) is 7. The molecule has 2 aromatic rings. The molecule has 174 valence electrons. The summed E-state index contributed by atoms with van der Waals surface area (Å²) in [5.41, 5.74) is 0.989. The Morgan fingerprint density at radius 3 is 2.67 bits per heavy atom. The molecule has 4 atom stereocenters. The third kappa shape index (κ3) is 3.41. The number of likely N-dealkylation sites (tertiary alicyclic amines) is 1. The smallest absolute Gasteiger partial charge is 0.407 e. The number of aromatic nitrogens is 2. The Hall–Kier alpha value is -3.21. The number of hydrogen-bond donors (Lipinski definition) is 3. The number of piperidine rings is 1. The van der Waals surface area contributed by atoms with Gasteiger partial charge in [-0.2, -0.15) is 0 Å². The highest BCUT2D eigenvalue weighted by molar-refractivity contribution is 5.76. The zero-order valence-corrected chi connectivity index (χ0v) is 17.8. The largest absolute Gasteiger partial charge is 0.504 e. The van der Waals surface area contributed by atoms with Crippen LogP contribution in [-0.4, -0.2) is 88.2 Å². The Labute approximate surface area is 188 Å². The van der Waals surface area contributed by atoms with Crippen LogP contribution in [-0.2, 0) is 0 Å². The molecule has 0 spiro atoms. The van der Waals surface area contributed by atoms with E-state index in [4.69, 9.17) is 5.11 Å². The first-order valence-corrected chi connectivity index (χ1v) is 11.2. The molecule has 11 heteroatoms. The van der Waals surface area contributed by atoms with Crippen molar-refractivity contribution < 1.29 is 23.8 Å². The summed E-state index contributed by atoms with van der Waals surface area (Å²) in [6, 6.07) is 3.61. The molecule has 3 fully saturated rings. The maximum atomic E-state index is 13.8. The number of nitrogens with zero attached hydrogens (tertiary/aromatic N) is 5. The van der Waals surface area contributed by atoms with Gasteiger partial charge in [-0.05, 0) is 29.9 Å². The molecule has 1 aromatic carbocycles. The van der Waals surface area contributed by atoms with Gasteiger partial charge in [0.15, 0.2) is 17.4 Å². The number of phenols is 1. The first-order chi connectivity index (χ1) is 15.9. The van der Waals surface area contributed by atoms with E-state index in [0.717, 1.165) is 37.9 Å². The van der Waals surface area contributed by atoms with Crippen molar-refractivity contribution in [3.63, 3.8) is 0 Å². The van der Waals surface area contributed by atoms with Crippen LogP contribution in [0.3, 0.4) is 0 Å². The lowest BCUT2D eigenvalue weighted by Gasteiger charge is -2.46. The van der Waals surface area contributed by atoms with Gasteiger partial charge in [-0.3, -0.25) is 4.90 Å². The second-order valence-electron chi connectivity index (χ2n) is 9.41.